The van der Waals surface area contributed by atoms with Crippen molar-refractivity contribution >= 4 is 21.6 Å². The summed E-state index contributed by atoms with van der Waals surface area (Å²) in [4.78, 5) is -0.673. The van der Waals surface area contributed by atoms with E-state index in [9.17, 15) is 17.2 Å². The van der Waals surface area contributed by atoms with Gasteiger partial charge in [0.1, 0.15) is 16.5 Å². The van der Waals surface area contributed by atoms with Gasteiger partial charge in [-0.1, -0.05) is 13.3 Å². The number of rotatable bonds is 7. The Balaban J connectivity index is 2.83. The van der Waals surface area contributed by atoms with Crippen molar-refractivity contribution in [3.8, 4) is 0 Å². The van der Waals surface area contributed by atoms with Crippen LogP contribution in [0.3, 0.4) is 0 Å². The predicted molar refractivity (Wildman–Crippen MR) is 70.7 cm³/mol. The van der Waals surface area contributed by atoms with Crippen LogP contribution >= 0.6 is 11.6 Å². The molecule has 0 aliphatic carbocycles. The summed E-state index contributed by atoms with van der Waals surface area (Å²) in [5.74, 6) is -1.27. The van der Waals surface area contributed by atoms with E-state index in [1.807, 2.05) is 6.92 Å². The van der Waals surface area contributed by atoms with Gasteiger partial charge in [0.05, 0.1) is 0 Å². The summed E-state index contributed by atoms with van der Waals surface area (Å²) in [5, 5.41) is 0. The summed E-state index contributed by atoms with van der Waals surface area (Å²) in [5.41, 5.74) is 0. The Kier molecular flexibility index (Phi) is 6.16. The first-order valence-electron chi connectivity index (χ1n) is 5.91. The molecule has 1 rings (SSSR count). The molecule has 1 N–H and O–H groups in total. The van der Waals surface area contributed by atoms with E-state index in [2.05, 4.69) is 4.72 Å². The van der Waals surface area contributed by atoms with E-state index in [1.165, 1.54) is 0 Å². The van der Waals surface area contributed by atoms with Gasteiger partial charge in [-0.2, -0.15) is 0 Å². The Morgan fingerprint density at radius 3 is 2.63 bits per heavy atom. The number of nitrogens with one attached hydrogen (secondary N) is 1. The first-order chi connectivity index (χ1) is 8.90. The van der Waals surface area contributed by atoms with Crippen LogP contribution in [-0.4, -0.2) is 20.8 Å². The minimum atomic E-state index is -4.05. The average molecular weight is 312 g/mol. The summed E-state index contributed by atoms with van der Waals surface area (Å²) in [6, 6.07) is 2.33. The van der Waals surface area contributed by atoms with Crippen molar-refractivity contribution in [3.63, 3.8) is 0 Å². The Labute approximate surface area is 117 Å². The van der Waals surface area contributed by atoms with Crippen LogP contribution < -0.4 is 4.72 Å². The molecule has 1 atom stereocenters. The van der Waals surface area contributed by atoms with E-state index >= 15 is 0 Å². The fraction of sp³-hybridized carbons (Fsp3) is 0.500. The second-order valence-corrected chi connectivity index (χ2v) is 6.29. The van der Waals surface area contributed by atoms with Crippen LogP contribution in [0.2, 0.25) is 0 Å². The van der Waals surface area contributed by atoms with Crippen LogP contribution in [0.1, 0.15) is 19.8 Å². The number of hydrogen-bond donors (Lipinski definition) is 1. The molecule has 19 heavy (non-hydrogen) atoms. The van der Waals surface area contributed by atoms with Crippen LogP contribution in [0.5, 0.6) is 0 Å². The van der Waals surface area contributed by atoms with E-state index in [0.29, 0.717) is 18.4 Å². The molecule has 1 aromatic carbocycles. The van der Waals surface area contributed by atoms with Gasteiger partial charge in [0.15, 0.2) is 0 Å². The molecule has 0 aliphatic heterocycles. The van der Waals surface area contributed by atoms with Crippen LogP contribution in [0.15, 0.2) is 23.1 Å². The van der Waals surface area contributed by atoms with Crippen molar-refractivity contribution in [1.29, 1.82) is 0 Å². The van der Waals surface area contributed by atoms with Crippen molar-refractivity contribution in [2.75, 3.05) is 12.4 Å². The normalized spacial score (nSPS) is 13.5. The number of alkyl halides is 1. The molecular weight excluding hydrogens is 296 g/mol. The quantitative estimate of drug-likeness (QED) is 0.787. The summed E-state index contributed by atoms with van der Waals surface area (Å²) in [7, 11) is -4.05. The SMILES string of the molecule is CCC(CCCl)CNS(=O)(=O)c1cc(F)ccc1F. The van der Waals surface area contributed by atoms with Gasteiger partial charge >= 0.3 is 0 Å². The van der Waals surface area contributed by atoms with Crippen LogP contribution in [0.25, 0.3) is 0 Å². The van der Waals surface area contributed by atoms with Crippen molar-refractivity contribution in [2.45, 2.75) is 24.7 Å². The summed E-state index contributed by atoms with van der Waals surface area (Å²) in [6.07, 6.45) is 1.41. The lowest BCUT2D eigenvalue weighted by molar-refractivity contribution is 0.478. The Morgan fingerprint density at radius 1 is 1.37 bits per heavy atom. The van der Waals surface area contributed by atoms with Crippen molar-refractivity contribution < 1.29 is 17.2 Å². The first kappa shape index (κ1) is 16.3. The van der Waals surface area contributed by atoms with Gasteiger partial charge in [0.2, 0.25) is 10.0 Å². The molecule has 0 spiro atoms. The van der Waals surface area contributed by atoms with E-state index < -0.39 is 26.6 Å². The molecule has 0 saturated carbocycles. The molecule has 108 valence electrons. The number of hydrogen-bond acceptors (Lipinski definition) is 2. The van der Waals surface area contributed by atoms with Gasteiger partial charge in [-0.3, -0.25) is 0 Å². The predicted octanol–water partition coefficient (Wildman–Crippen LogP) is 2.90. The average Bonchev–Trinajstić information content (AvgIpc) is 2.37. The molecule has 0 bridgehead atoms. The molecule has 0 amide bonds. The number of halogens is 3. The molecule has 1 aromatic rings. The zero-order chi connectivity index (χ0) is 14.5. The maximum Gasteiger partial charge on any atom is 0.243 e. The smallest absolute Gasteiger partial charge is 0.211 e. The minimum Gasteiger partial charge on any atom is -0.211 e. The van der Waals surface area contributed by atoms with E-state index in [1.54, 1.807) is 0 Å². The highest BCUT2D eigenvalue weighted by Gasteiger charge is 2.20. The lowest BCUT2D eigenvalue weighted by Crippen LogP contribution is -2.30. The van der Waals surface area contributed by atoms with Gasteiger partial charge in [-0.25, -0.2) is 21.9 Å². The second kappa shape index (κ2) is 7.17. The Morgan fingerprint density at radius 2 is 2.05 bits per heavy atom. The second-order valence-electron chi connectivity index (χ2n) is 4.18. The third-order valence-corrected chi connectivity index (χ3v) is 4.50. The topological polar surface area (TPSA) is 46.2 Å². The summed E-state index contributed by atoms with van der Waals surface area (Å²) < 4.78 is 52.4. The largest absolute Gasteiger partial charge is 0.243 e. The molecule has 1 unspecified atom stereocenters. The van der Waals surface area contributed by atoms with Crippen molar-refractivity contribution in [1.82, 2.24) is 4.72 Å². The summed E-state index contributed by atoms with van der Waals surface area (Å²) in [6.45, 7) is 2.07. The van der Waals surface area contributed by atoms with Crippen LogP contribution in [0, 0.1) is 17.6 Å². The standard InChI is InChI=1S/C12H16ClF2NO2S/c1-2-9(5-6-13)8-16-19(17,18)12-7-10(14)3-4-11(12)15/h3-4,7,9,16H,2,5-6,8H2,1H3. The third-order valence-electron chi connectivity index (χ3n) is 2.84. The summed E-state index contributed by atoms with van der Waals surface area (Å²) >= 11 is 5.60. The van der Waals surface area contributed by atoms with Crippen molar-refractivity contribution in [2.24, 2.45) is 5.92 Å². The molecule has 0 fully saturated rings. The fourth-order valence-corrected chi connectivity index (χ4v) is 3.10. The van der Waals surface area contributed by atoms with E-state index in [-0.39, 0.29) is 12.5 Å². The maximum atomic E-state index is 13.4. The zero-order valence-electron chi connectivity index (χ0n) is 10.5. The van der Waals surface area contributed by atoms with Crippen molar-refractivity contribution in [3.05, 3.63) is 29.8 Å². The van der Waals surface area contributed by atoms with Crippen LogP contribution in [-0.2, 0) is 10.0 Å². The van der Waals surface area contributed by atoms with Gasteiger partial charge < -0.3 is 0 Å². The van der Waals surface area contributed by atoms with Gasteiger partial charge in [-0.05, 0) is 30.5 Å². The van der Waals surface area contributed by atoms with E-state index in [0.717, 1.165) is 18.6 Å². The molecule has 0 heterocycles. The molecule has 3 nitrogen and oxygen atoms in total. The number of benzene rings is 1. The Hall–Kier alpha value is -0.720. The maximum absolute atomic E-state index is 13.4. The zero-order valence-corrected chi connectivity index (χ0v) is 12.1. The van der Waals surface area contributed by atoms with Crippen LogP contribution in [0.4, 0.5) is 8.78 Å². The molecule has 0 saturated heterocycles. The molecule has 7 heteroatoms. The molecular formula is C12H16ClF2NO2S. The van der Waals surface area contributed by atoms with Gasteiger partial charge in [0, 0.05) is 12.4 Å². The lowest BCUT2D eigenvalue weighted by atomic mass is 10.0. The third kappa shape index (κ3) is 4.71. The first-order valence-corrected chi connectivity index (χ1v) is 7.93. The monoisotopic (exact) mass is 311 g/mol. The highest BCUT2D eigenvalue weighted by Crippen LogP contribution is 2.16. The highest BCUT2D eigenvalue weighted by molar-refractivity contribution is 7.89. The number of sulfonamides is 1. The molecule has 0 radical (unpaired) electrons. The Bertz CT molecular complexity index is 522. The molecule has 0 aliphatic rings. The van der Waals surface area contributed by atoms with Gasteiger partial charge in [0.25, 0.3) is 0 Å². The fourth-order valence-electron chi connectivity index (χ4n) is 1.59. The minimum absolute atomic E-state index is 0.0731. The van der Waals surface area contributed by atoms with Gasteiger partial charge in [-0.15, -0.1) is 11.6 Å². The lowest BCUT2D eigenvalue weighted by Gasteiger charge is -2.14. The highest BCUT2D eigenvalue weighted by atomic mass is 35.5. The van der Waals surface area contributed by atoms with E-state index in [4.69, 9.17) is 11.6 Å². The molecule has 0 aromatic heterocycles.